The smallest absolute Gasteiger partial charge is 0.345 e. The first kappa shape index (κ1) is 17.2. The summed E-state index contributed by atoms with van der Waals surface area (Å²) in [4.78, 5) is 23.1. The number of carbonyl (C=O) groups is 2. The fourth-order valence-electron chi connectivity index (χ4n) is 1.85. The van der Waals surface area contributed by atoms with Crippen molar-refractivity contribution in [3.05, 3.63) is 51.3 Å². The number of halogens is 4. The van der Waals surface area contributed by atoms with Gasteiger partial charge in [0.05, 0.1) is 11.6 Å². The lowest BCUT2D eigenvalue weighted by Gasteiger charge is -2.24. The van der Waals surface area contributed by atoms with E-state index in [-0.39, 0.29) is 16.6 Å². The number of aliphatic carboxylic acids is 2. The highest BCUT2D eigenvalue weighted by atomic mass is 35.5. The van der Waals surface area contributed by atoms with Gasteiger partial charge in [0.1, 0.15) is 5.03 Å². The summed E-state index contributed by atoms with van der Waals surface area (Å²) in [6.07, 6.45) is 0. The van der Waals surface area contributed by atoms with Crippen LogP contribution in [0.1, 0.15) is 0 Å². The average Bonchev–Trinajstić information content (AvgIpc) is 2.88. The molecule has 0 atom stereocenters. The number of carboxylic acid groups (broad SMARTS) is 2. The van der Waals surface area contributed by atoms with Gasteiger partial charge in [-0.1, -0.05) is 11.8 Å². The molecule has 1 aliphatic heterocycles. The molecule has 0 radical (unpaired) electrons. The lowest BCUT2D eigenvalue weighted by molar-refractivity contribution is -0.140. The van der Waals surface area contributed by atoms with Crippen molar-refractivity contribution in [1.29, 1.82) is 0 Å². The summed E-state index contributed by atoms with van der Waals surface area (Å²) < 4.78 is 40.5. The van der Waals surface area contributed by atoms with Gasteiger partial charge in [-0.15, -0.1) is 11.6 Å². The quantitative estimate of drug-likeness (QED) is 0.281. The molecule has 2 N–H and O–H groups in total. The zero-order valence-electron chi connectivity index (χ0n) is 11.0. The van der Waals surface area contributed by atoms with Gasteiger partial charge in [-0.25, -0.2) is 22.8 Å². The fourth-order valence-corrected chi connectivity index (χ4v) is 3.19. The molecule has 1 aromatic rings. The molecule has 5 nitrogen and oxygen atoms in total. The minimum absolute atomic E-state index is 0.122. The molecular formula is C13H7ClF3NO4S. The van der Waals surface area contributed by atoms with Crippen LogP contribution >= 0.6 is 23.4 Å². The van der Waals surface area contributed by atoms with Crippen molar-refractivity contribution in [3.63, 3.8) is 0 Å². The highest BCUT2D eigenvalue weighted by molar-refractivity contribution is 8.06. The second kappa shape index (κ2) is 6.55. The Morgan fingerprint density at radius 2 is 1.74 bits per heavy atom. The molecule has 1 heterocycles. The van der Waals surface area contributed by atoms with Crippen LogP contribution in [0.4, 0.5) is 18.9 Å². The summed E-state index contributed by atoms with van der Waals surface area (Å²) in [7, 11) is 0. The van der Waals surface area contributed by atoms with Crippen molar-refractivity contribution >= 4 is 41.0 Å². The minimum Gasteiger partial charge on any atom is -0.477 e. The maximum atomic E-state index is 14.0. The molecule has 0 aliphatic carbocycles. The Balaban J connectivity index is 2.71. The highest BCUT2D eigenvalue weighted by Crippen LogP contribution is 2.42. The van der Waals surface area contributed by atoms with Gasteiger partial charge in [0, 0.05) is 5.70 Å². The number of anilines is 1. The number of hydrogen-bond donors (Lipinski definition) is 2. The van der Waals surface area contributed by atoms with Gasteiger partial charge in [-0.3, -0.25) is 0 Å². The number of carboxylic acids is 2. The van der Waals surface area contributed by atoms with Crippen LogP contribution in [0.5, 0.6) is 0 Å². The summed E-state index contributed by atoms with van der Waals surface area (Å²) in [6.45, 7) is 0. The third-order valence-corrected chi connectivity index (χ3v) is 4.10. The third kappa shape index (κ3) is 3.02. The SMILES string of the molecule is O=C(O)C(C(=O)O)=C1SC=C(CCl)N1c1ccc(F)c(F)c1F. The number of benzene rings is 1. The van der Waals surface area contributed by atoms with Gasteiger partial charge in [-0.05, 0) is 17.5 Å². The average molecular weight is 366 g/mol. The van der Waals surface area contributed by atoms with E-state index in [1.54, 1.807) is 0 Å². The predicted octanol–water partition coefficient (Wildman–Crippen LogP) is 3.12. The normalized spacial score (nSPS) is 14.0. The Labute approximate surface area is 136 Å². The van der Waals surface area contributed by atoms with E-state index in [0.29, 0.717) is 17.8 Å². The van der Waals surface area contributed by atoms with E-state index in [9.17, 15) is 22.8 Å². The van der Waals surface area contributed by atoms with Gasteiger partial charge < -0.3 is 15.1 Å². The third-order valence-electron chi connectivity index (χ3n) is 2.83. The van der Waals surface area contributed by atoms with Crippen molar-refractivity contribution < 1.29 is 33.0 Å². The molecule has 10 heteroatoms. The largest absolute Gasteiger partial charge is 0.477 e. The van der Waals surface area contributed by atoms with E-state index in [1.165, 1.54) is 5.41 Å². The van der Waals surface area contributed by atoms with Gasteiger partial charge in [0.15, 0.2) is 23.0 Å². The number of hydrogen-bond acceptors (Lipinski definition) is 4. The summed E-state index contributed by atoms with van der Waals surface area (Å²) in [6, 6.07) is 1.50. The summed E-state index contributed by atoms with van der Waals surface area (Å²) in [5, 5.41) is 19.0. The van der Waals surface area contributed by atoms with Gasteiger partial charge >= 0.3 is 11.9 Å². The predicted molar refractivity (Wildman–Crippen MR) is 77.5 cm³/mol. The van der Waals surface area contributed by atoms with E-state index in [4.69, 9.17) is 21.8 Å². The standard InChI is InChI=1S/C13H7ClF3NO4S/c14-3-5-4-23-11(8(12(19)20)13(21)22)18(5)7-2-1-6(15)9(16)10(7)17/h1-2,4H,3H2,(H,19,20)(H,21,22). The molecule has 0 saturated heterocycles. The molecule has 23 heavy (non-hydrogen) atoms. The minimum atomic E-state index is -1.77. The molecule has 0 fully saturated rings. The number of thioether (sulfide) groups is 1. The van der Waals surface area contributed by atoms with Crippen LogP contribution in [-0.2, 0) is 9.59 Å². The highest BCUT2D eigenvalue weighted by Gasteiger charge is 2.34. The first-order chi connectivity index (χ1) is 10.8. The first-order valence-electron chi connectivity index (χ1n) is 5.85. The van der Waals surface area contributed by atoms with Gasteiger partial charge in [0.2, 0.25) is 0 Å². The Hall–Kier alpha value is -2.13. The Bertz CT molecular complexity index is 750. The molecule has 122 valence electrons. The Kier molecular flexibility index (Phi) is 4.90. The molecule has 1 aromatic carbocycles. The second-order valence-electron chi connectivity index (χ2n) is 4.18. The second-order valence-corrected chi connectivity index (χ2v) is 5.31. The van der Waals surface area contributed by atoms with Crippen molar-refractivity contribution in [2.24, 2.45) is 0 Å². The zero-order chi connectivity index (χ0) is 17.3. The maximum absolute atomic E-state index is 14.0. The van der Waals surface area contributed by atoms with Crippen molar-refractivity contribution in [1.82, 2.24) is 0 Å². The molecule has 0 unspecified atom stereocenters. The van der Waals surface area contributed by atoms with Crippen molar-refractivity contribution in [3.8, 4) is 0 Å². The number of nitrogens with zero attached hydrogens (tertiary/aromatic N) is 1. The molecular weight excluding hydrogens is 359 g/mol. The first-order valence-corrected chi connectivity index (χ1v) is 7.27. The molecule has 0 saturated carbocycles. The molecule has 0 aromatic heterocycles. The monoisotopic (exact) mass is 365 g/mol. The van der Waals surface area contributed by atoms with Crippen LogP contribution in [0.2, 0.25) is 0 Å². The molecule has 2 rings (SSSR count). The molecule has 0 spiro atoms. The van der Waals surface area contributed by atoms with Crippen LogP contribution < -0.4 is 4.90 Å². The van der Waals surface area contributed by atoms with Crippen molar-refractivity contribution in [2.45, 2.75) is 0 Å². The Morgan fingerprint density at radius 3 is 2.26 bits per heavy atom. The van der Waals surface area contributed by atoms with E-state index in [0.717, 1.165) is 11.0 Å². The molecule has 1 aliphatic rings. The van der Waals surface area contributed by atoms with Gasteiger partial charge in [0.25, 0.3) is 0 Å². The number of alkyl halides is 1. The van der Waals surface area contributed by atoms with Gasteiger partial charge in [-0.2, -0.15) is 0 Å². The summed E-state index contributed by atoms with van der Waals surface area (Å²) in [5.41, 5.74) is -1.47. The molecule has 0 bridgehead atoms. The van der Waals surface area contributed by atoms with Crippen LogP contribution in [-0.4, -0.2) is 28.0 Å². The van der Waals surface area contributed by atoms with Crippen LogP contribution in [0, 0.1) is 17.5 Å². The fraction of sp³-hybridized carbons (Fsp3) is 0.0769. The topological polar surface area (TPSA) is 77.8 Å². The summed E-state index contributed by atoms with van der Waals surface area (Å²) in [5.74, 6) is -8.55. The van der Waals surface area contributed by atoms with E-state index in [1.807, 2.05) is 0 Å². The lowest BCUT2D eigenvalue weighted by Crippen LogP contribution is -2.25. The zero-order valence-corrected chi connectivity index (χ0v) is 12.6. The van der Waals surface area contributed by atoms with E-state index < -0.39 is 40.7 Å². The molecule has 0 amide bonds. The number of rotatable bonds is 4. The van der Waals surface area contributed by atoms with E-state index >= 15 is 0 Å². The summed E-state index contributed by atoms with van der Waals surface area (Å²) >= 11 is 6.35. The van der Waals surface area contributed by atoms with Crippen LogP contribution in [0.25, 0.3) is 0 Å². The van der Waals surface area contributed by atoms with Crippen LogP contribution in [0.15, 0.2) is 33.8 Å². The van der Waals surface area contributed by atoms with E-state index in [2.05, 4.69) is 0 Å². The van der Waals surface area contributed by atoms with Crippen molar-refractivity contribution in [2.75, 3.05) is 10.8 Å². The lowest BCUT2D eigenvalue weighted by atomic mass is 10.2. The maximum Gasteiger partial charge on any atom is 0.345 e. The van der Waals surface area contributed by atoms with Crippen LogP contribution in [0.3, 0.4) is 0 Å². The Morgan fingerprint density at radius 1 is 1.13 bits per heavy atom. The number of allylic oxidation sites excluding steroid dienone is 1.